The first-order chi connectivity index (χ1) is 12.6. The van der Waals surface area contributed by atoms with Crippen LogP contribution in [0.3, 0.4) is 0 Å². The van der Waals surface area contributed by atoms with E-state index in [9.17, 15) is 4.39 Å². The van der Waals surface area contributed by atoms with Gasteiger partial charge in [-0.05, 0) is 36.2 Å². The summed E-state index contributed by atoms with van der Waals surface area (Å²) in [6.45, 7) is 1.00. The molecule has 1 fully saturated rings. The van der Waals surface area contributed by atoms with E-state index in [0.717, 1.165) is 23.3 Å². The van der Waals surface area contributed by atoms with Crippen LogP contribution < -0.4 is 10.5 Å². The summed E-state index contributed by atoms with van der Waals surface area (Å²) in [5, 5.41) is 0.482. The molecule has 1 saturated heterocycles. The number of amidine groups is 1. The lowest BCUT2D eigenvalue weighted by molar-refractivity contribution is 0.00303. The van der Waals surface area contributed by atoms with Gasteiger partial charge in [-0.15, -0.1) is 0 Å². The van der Waals surface area contributed by atoms with Gasteiger partial charge in [-0.3, -0.25) is 0 Å². The number of pyridine rings is 1. The molecule has 2 aliphatic heterocycles. The van der Waals surface area contributed by atoms with Crippen LogP contribution in [-0.4, -0.2) is 36.2 Å². The minimum absolute atomic E-state index is 0.189. The van der Waals surface area contributed by atoms with Crippen LogP contribution in [0.15, 0.2) is 41.5 Å². The highest BCUT2D eigenvalue weighted by Gasteiger charge is 2.47. The average molecular weight is 373 g/mol. The fraction of sp³-hybridized carbons (Fsp3) is 0.368. The van der Waals surface area contributed by atoms with E-state index in [-0.39, 0.29) is 11.7 Å². The third-order valence-corrected chi connectivity index (χ3v) is 6.01. The molecule has 5 nitrogen and oxygen atoms in total. The number of fused-ring (bicyclic) bond motifs is 1. The molecular formula is C19H20FN3O2S. The van der Waals surface area contributed by atoms with Gasteiger partial charge >= 0.3 is 0 Å². The number of aromatic nitrogens is 1. The summed E-state index contributed by atoms with van der Waals surface area (Å²) < 4.78 is 26.0. The van der Waals surface area contributed by atoms with E-state index in [1.165, 1.54) is 17.8 Å². The quantitative estimate of drug-likeness (QED) is 0.895. The Morgan fingerprint density at radius 2 is 2.27 bits per heavy atom. The fourth-order valence-electron chi connectivity index (χ4n) is 3.73. The van der Waals surface area contributed by atoms with Crippen LogP contribution in [-0.2, 0) is 10.3 Å². The molecule has 2 unspecified atom stereocenters. The topological polar surface area (TPSA) is 69.7 Å². The van der Waals surface area contributed by atoms with Crippen molar-refractivity contribution in [2.75, 3.05) is 26.1 Å². The molecule has 0 bridgehead atoms. The van der Waals surface area contributed by atoms with Gasteiger partial charge in [-0.1, -0.05) is 17.8 Å². The molecule has 2 aliphatic rings. The maximum absolute atomic E-state index is 14.9. The minimum atomic E-state index is -0.775. The van der Waals surface area contributed by atoms with Gasteiger partial charge < -0.3 is 15.2 Å². The van der Waals surface area contributed by atoms with Gasteiger partial charge in [-0.2, -0.15) is 0 Å². The lowest BCUT2D eigenvalue weighted by Crippen LogP contribution is -2.48. The number of nitrogens with two attached hydrogens (primary N) is 1. The second kappa shape index (κ2) is 6.89. The number of hydrogen-bond donors (Lipinski definition) is 1. The first-order valence-corrected chi connectivity index (χ1v) is 9.48. The molecule has 2 N–H and O–H groups in total. The van der Waals surface area contributed by atoms with E-state index in [2.05, 4.69) is 9.98 Å². The Bertz CT molecular complexity index is 860. The van der Waals surface area contributed by atoms with E-state index < -0.39 is 5.54 Å². The van der Waals surface area contributed by atoms with Crippen LogP contribution in [0.4, 0.5) is 4.39 Å². The van der Waals surface area contributed by atoms with Crippen molar-refractivity contribution >= 4 is 16.9 Å². The number of rotatable bonds is 3. The maximum Gasteiger partial charge on any atom is 0.221 e. The number of aliphatic imine (C=N–C) groups is 1. The highest BCUT2D eigenvalue weighted by atomic mass is 32.2. The Morgan fingerprint density at radius 1 is 1.38 bits per heavy atom. The predicted octanol–water partition coefficient (Wildman–Crippen LogP) is 3.19. The number of nitrogens with zero attached hydrogens (tertiary/aromatic N) is 2. The smallest absolute Gasteiger partial charge is 0.221 e. The molecule has 3 heterocycles. The van der Waals surface area contributed by atoms with E-state index in [4.69, 9.17) is 15.2 Å². The summed E-state index contributed by atoms with van der Waals surface area (Å²) in [6.07, 6.45) is 2.50. The van der Waals surface area contributed by atoms with Crippen LogP contribution >= 0.6 is 11.8 Å². The predicted molar refractivity (Wildman–Crippen MR) is 101 cm³/mol. The van der Waals surface area contributed by atoms with Gasteiger partial charge in [0, 0.05) is 35.6 Å². The summed E-state index contributed by atoms with van der Waals surface area (Å²) in [7, 11) is 1.57. The standard InChI is InChI=1S/C19H20FN3O2S/c1-24-17-14(3-2-7-22-17)12-4-5-16(20)15(9-12)19-11-25-8-6-13(19)10-26-18(21)23-19/h2-5,7,9,13H,6,8,10-11H2,1H3,(H2,21,23). The number of thioether (sulfide) groups is 1. The first-order valence-electron chi connectivity index (χ1n) is 8.49. The zero-order valence-corrected chi connectivity index (χ0v) is 15.3. The Kier molecular flexibility index (Phi) is 4.58. The Morgan fingerprint density at radius 3 is 3.12 bits per heavy atom. The summed E-state index contributed by atoms with van der Waals surface area (Å²) in [5.74, 6) is 1.21. The summed E-state index contributed by atoms with van der Waals surface area (Å²) >= 11 is 1.53. The molecule has 0 saturated carbocycles. The molecule has 0 amide bonds. The van der Waals surface area contributed by atoms with Crippen molar-refractivity contribution < 1.29 is 13.9 Å². The molecule has 136 valence electrons. The SMILES string of the molecule is COc1ncccc1-c1ccc(F)c(C23COCCC2CSC(N)=N3)c1. The van der Waals surface area contributed by atoms with E-state index >= 15 is 0 Å². The average Bonchev–Trinajstić information content (AvgIpc) is 2.68. The Labute approximate surface area is 155 Å². The fourth-order valence-corrected chi connectivity index (χ4v) is 4.77. The summed E-state index contributed by atoms with van der Waals surface area (Å²) in [6, 6.07) is 8.79. The highest BCUT2D eigenvalue weighted by Crippen LogP contribution is 2.46. The molecule has 4 rings (SSSR count). The highest BCUT2D eigenvalue weighted by molar-refractivity contribution is 8.13. The van der Waals surface area contributed by atoms with E-state index in [1.54, 1.807) is 19.4 Å². The first kappa shape index (κ1) is 17.3. The van der Waals surface area contributed by atoms with Gasteiger partial charge in [0.15, 0.2) is 5.17 Å². The number of halogens is 1. The number of ether oxygens (including phenoxy) is 2. The molecule has 2 atom stereocenters. The molecule has 0 aliphatic carbocycles. The number of hydrogen-bond acceptors (Lipinski definition) is 6. The van der Waals surface area contributed by atoms with Crippen LogP contribution in [0, 0.1) is 11.7 Å². The van der Waals surface area contributed by atoms with Crippen LogP contribution in [0.1, 0.15) is 12.0 Å². The molecule has 0 radical (unpaired) electrons. The van der Waals surface area contributed by atoms with Crippen LogP contribution in [0.5, 0.6) is 5.88 Å². The van der Waals surface area contributed by atoms with Crippen molar-refractivity contribution in [1.29, 1.82) is 0 Å². The number of methoxy groups -OCH3 is 1. The largest absolute Gasteiger partial charge is 0.481 e. The van der Waals surface area contributed by atoms with Crippen molar-refractivity contribution in [1.82, 2.24) is 4.98 Å². The zero-order chi connectivity index (χ0) is 18.1. The van der Waals surface area contributed by atoms with Gasteiger partial charge in [0.1, 0.15) is 11.4 Å². The van der Waals surface area contributed by atoms with Crippen LogP contribution in [0.2, 0.25) is 0 Å². The van der Waals surface area contributed by atoms with Crippen molar-refractivity contribution in [3.63, 3.8) is 0 Å². The second-order valence-corrected chi connectivity index (χ2v) is 7.52. The van der Waals surface area contributed by atoms with Crippen molar-refractivity contribution in [2.45, 2.75) is 12.0 Å². The molecule has 1 aromatic carbocycles. The molecular weight excluding hydrogens is 353 g/mol. The Hall–Kier alpha value is -2.12. The van der Waals surface area contributed by atoms with E-state index in [0.29, 0.717) is 29.8 Å². The summed E-state index contributed by atoms with van der Waals surface area (Å²) in [4.78, 5) is 8.93. The van der Waals surface area contributed by atoms with Gasteiger partial charge in [0.05, 0.1) is 13.7 Å². The maximum atomic E-state index is 14.9. The molecule has 2 aromatic rings. The summed E-state index contributed by atoms with van der Waals surface area (Å²) in [5.41, 5.74) is 7.40. The van der Waals surface area contributed by atoms with Crippen molar-refractivity contribution in [3.8, 4) is 17.0 Å². The third kappa shape index (κ3) is 2.85. The minimum Gasteiger partial charge on any atom is -0.481 e. The van der Waals surface area contributed by atoms with Gasteiger partial charge in [-0.25, -0.2) is 14.4 Å². The monoisotopic (exact) mass is 373 g/mol. The lowest BCUT2D eigenvalue weighted by Gasteiger charge is -2.43. The van der Waals surface area contributed by atoms with Crippen molar-refractivity contribution in [3.05, 3.63) is 47.9 Å². The number of benzene rings is 1. The molecule has 1 aromatic heterocycles. The van der Waals surface area contributed by atoms with Gasteiger partial charge in [0.25, 0.3) is 0 Å². The third-order valence-electron chi connectivity index (χ3n) is 5.06. The van der Waals surface area contributed by atoms with E-state index in [1.807, 2.05) is 18.2 Å². The molecule has 0 spiro atoms. The zero-order valence-electron chi connectivity index (χ0n) is 14.4. The Balaban J connectivity index is 1.87. The molecule has 26 heavy (non-hydrogen) atoms. The van der Waals surface area contributed by atoms with Crippen molar-refractivity contribution in [2.24, 2.45) is 16.6 Å². The van der Waals surface area contributed by atoms with Crippen LogP contribution in [0.25, 0.3) is 11.1 Å². The lowest BCUT2D eigenvalue weighted by atomic mass is 9.76. The second-order valence-electron chi connectivity index (χ2n) is 6.48. The normalized spacial score (nSPS) is 25.3. The molecule has 7 heteroatoms. The van der Waals surface area contributed by atoms with Gasteiger partial charge in [0.2, 0.25) is 5.88 Å².